The summed E-state index contributed by atoms with van der Waals surface area (Å²) in [5, 5.41) is 17.0. The van der Waals surface area contributed by atoms with Gasteiger partial charge in [0.15, 0.2) is 6.29 Å². The van der Waals surface area contributed by atoms with E-state index in [1.807, 2.05) is 0 Å². The molecule has 1 aliphatic heterocycles. The second-order valence-electron chi connectivity index (χ2n) is 2.97. The molecule has 76 valence electrons. The zero-order valence-corrected chi connectivity index (χ0v) is 7.31. The van der Waals surface area contributed by atoms with E-state index < -0.39 is 5.97 Å². The predicted octanol–water partition coefficient (Wildman–Crippen LogP) is -0.0249. The maximum atomic E-state index is 10.2. The van der Waals surface area contributed by atoms with Gasteiger partial charge in [0.05, 0.1) is 12.7 Å². The van der Waals surface area contributed by atoms with Crippen LogP contribution >= 0.6 is 0 Å². The van der Waals surface area contributed by atoms with Crippen molar-refractivity contribution in [3.8, 4) is 0 Å². The van der Waals surface area contributed by atoms with Gasteiger partial charge in [-0.25, -0.2) is 0 Å². The number of aliphatic hydroxyl groups excluding tert-OH is 1. The number of carbonyl (C=O) groups is 1. The minimum atomic E-state index is -0.825. The van der Waals surface area contributed by atoms with E-state index >= 15 is 0 Å². The molecule has 1 saturated heterocycles. The molecule has 0 aliphatic carbocycles. The van der Waals surface area contributed by atoms with Gasteiger partial charge >= 0.3 is 5.97 Å². The van der Waals surface area contributed by atoms with Crippen LogP contribution in [0.2, 0.25) is 0 Å². The van der Waals surface area contributed by atoms with E-state index in [1.165, 1.54) is 0 Å². The average molecular weight is 190 g/mol. The number of rotatable bonds is 5. The topological polar surface area (TPSA) is 76.0 Å². The van der Waals surface area contributed by atoms with Gasteiger partial charge in [-0.15, -0.1) is 0 Å². The molecule has 0 saturated carbocycles. The number of aliphatic hydroxyl groups is 1. The zero-order valence-electron chi connectivity index (χ0n) is 7.31. The summed E-state index contributed by atoms with van der Waals surface area (Å²) in [5.74, 6) is -0.825. The number of aliphatic carboxylic acids is 1. The van der Waals surface area contributed by atoms with Gasteiger partial charge in [-0.05, 0) is 6.42 Å². The van der Waals surface area contributed by atoms with Crippen molar-refractivity contribution < 1.29 is 24.5 Å². The first-order chi connectivity index (χ1) is 6.22. The van der Waals surface area contributed by atoms with Crippen molar-refractivity contribution in [2.75, 3.05) is 13.2 Å². The third-order valence-corrected chi connectivity index (χ3v) is 1.86. The summed E-state index contributed by atoms with van der Waals surface area (Å²) >= 11 is 0. The number of ether oxygens (including phenoxy) is 2. The monoisotopic (exact) mass is 190 g/mol. The SMILES string of the molecule is O=C(O)CCC1COC(CCO)O1. The van der Waals surface area contributed by atoms with Crippen LogP contribution in [0, 0.1) is 0 Å². The zero-order chi connectivity index (χ0) is 9.68. The minimum Gasteiger partial charge on any atom is -0.481 e. The molecule has 5 nitrogen and oxygen atoms in total. The van der Waals surface area contributed by atoms with Gasteiger partial charge in [0.1, 0.15) is 0 Å². The van der Waals surface area contributed by atoms with Gasteiger partial charge in [0, 0.05) is 19.4 Å². The first kappa shape index (κ1) is 10.4. The number of hydrogen-bond donors (Lipinski definition) is 2. The van der Waals surface area contributed by atoms with E-state index in [0.29, 0.717) is 19.4 Å². The molecule has 0 aromatic rings. The van der Waals surface area contributed by atoms with E-state index in [9.17, 15) is 4.79 Å². The lowest BCUT2D eigenvalue weighted by Gasteiger charge is -2.08. The molecule has 2 unspecified atom stereocenters. The number of carboxylic acids is 1. The molecule has 0 spiro atoms. The Balaban J connectivity index is 2.13. The fourth-order valence-corrected chi connectivity index (χ4v) is 1.20. The molecule has 1 fully saturated rings. The highest BCUT2D eigenvalue weighted by molar-refractivity contribution is 5.66. The van der Waals surface area contributed by atoms with Crippen molar-refractivity contribution in [3.63, 3.8) is 0 Å². The van der Waals surface area contributed by atoms with Gasteiger partial charge in [-0.3, -0.25) is 4.79 Å². The van der Waals surface area contributed by atoms with Crippen LogP contribution in [0.15, 0.2) is 0 Å². The van der Waals surface area contributed by atoms with Crippen molar-refractivity contribution in [3.05, 3.63) is 0 Å². The van der Waals surface area contributed by atoms with Crippen molar-refractivity contribution in [1.29, 1.82) is 0 Å². The Morgan fingerprint density at radius 3 is 2.85 bits per heavy atom. The lowest BCUT2D eigenvalue weighted by atomic mass is 10.2. The molecule has 0 aromatic heterocycles. The summed E-state index contributed by atoms with van der Waals surface area (Å²) < 4.78 is 10.5. The largest absolute Gasteiger partial charge is 0.481 e. The third kappa shape index (κ3) is 3.71. The quantitative estimate of drug-likeness (QED) is 0.637. The maximum Gasteiger partial charge on any atom is 0.303 e. The van der Waals surface area contributed by atoms with Gasteiger partial charge in [-0.2, -0.15) is 0 Å². The standard InChI is InChI=1S/C8H14O5/c9-4-3-8-12-5-6(13-8)1-2-7(10)11/h6,8-9H,1-5H2,(H,10,11). The molecule has 0 amide bonds. The molecular formula is C8H14O5. The lowest BCUT2D eigenvalue weighted by molar-refractivity contribution is -0.138. The predicted molar refractivity (Wildman–Crippen MR) is 43.2 cm³/mol. The molecule has 1 rings (SSSR count). The molecular weight excluding hydrogens is 176 g/mol. The number of carboxylic acid groups (broad SMARTS) is 1. The Hall–Kier alpha value is -0.650. The van der Waals surface area contributed by atoms with Crippen molar-refractivity contribution in [1.82, 2.24) is 0 Å². The average Bonchev–Trinajstić information content (AvgIpc) is 2.50. The van der Waals surface area contributed by atoms with Gasteiger partial charge in [0.25, 0.3) is 0 Å². The van der Waals surface area contributed by atoms with Crippen LogP contribution < -0.4 is 0 Å². The normalized spacial score (nSPS) is 27.8. The molecule has 0 aromatic carbocycles. The second kappa shape index (κ2) is 5.16. The van der Waals surface area contributed by atoms with Crippen LogP contribution in [-0.2, 0) is 14.3 Å². The summed E-state index contributed by atoms with van der Waals surface area (Å²) in [6, 6.07) is 0. The summed E-state index contributed by atoms with van der Waals surface area (Å²) in [5.41, 5.74) is 0. The summed E-state index contributed by atoms with van der Waals surface area (Å²) in [4.78, 5) is 10.2. The van der Waals surface area contributed by atoms with Crippen molar-refractivity contribution in [2.24, 2.45) is 0 Å². The van der Waals surface area contributed by atoms with Crippen molar-refractivity contribution in [2.45, 2.75) is 31.7 Å². The van der Waals surface area contributed by atoms with Crippen LogP contribution in [0.25, 0.3) is 0 Å². The maximum absolute atomic E-state index is 10.2. The molecule has 2 N–H and O–H groups in total. The lowest BCUT2D eigenvalue weighted by Crippen LogP contribution is -2.14. The fourth-order valence-electron chi connectivity index (χ4n) is 1.20. The van der Waals surface area contributed by atoms with E-state index in [0.717, 1.165) is 0 Å². The Kier molecular flexibility index (Phi) is 4.14. The molecule has 5 heteroatoms. The van der Waals surface area contributed by atoms with Gasteiger partial charge in [-0.1, -0.05) is 0 Å². The molecule has 2 atom stereocenters. The Labute approximate surface area is 76.3 Å². The first-order valence-corrected chi connectivity index (χ1v) is 4.32. The van der Waals surface area contributed by atoms with E-state index in [-0.39, 0.29) is 25.4 Å². The molecule has 1 heterocycles. The van der Waals surface area contributed by atoms with Crippen LogP contribution in [-0.4, -0.2) is 41.8 Å². The van der Waals surface area contributed by atoms with Crippen LogP contribution in [0.5, 0.6) is 0 Å². The van der Waals surface area contributed by atoms with Crippen LogP contribution in [0.4, 0.5) is 0 Å². The molecule has 13 heavy (non-hydrogen) atoms. The van der Waals surface area contributed by atoms with Gasteiger partial charge < -0.3 is 19.7 Å². The Bertz CT molecular complexity index is 170. The van der Waals surface area contributed by atoms with Gasteiger partial charge in [0.2, 0.25) is 0 Å². The second-order valence-corrected chi connectivity index (χ2v) is 2.97. The third-order valence-electron chi connectivity index (χ3n) is 1.86. The fraction of sp³-hybridized carbons (Fsp3) is 0.875. The van der Waals surface area contributed by atoms with Crippen LogP contribution in [0.1, 0.15) is 19.3 Å². The Morgan fingerprint density at radius 1 is 1.46 bits per heavy atom. The molecule has 0 bridgehead atoms. The summed E-state index contributed by atoms with van der Waals surface area (Å²) in [7, 11) is 0. The van der Waals surface area contributed by atoms with Crippen molar-refractivity contribution >= 4 is 5.97 Å². The molecule has 1 aliphatic rings. The summed E-state index contributed by atoms with van der Waals surface area (Å²) in [6.45, 7) is 0.453. The van der Waals surface area contributed by atoms with E-state index in [2.05, 4.69) is 0 Å². The summed E-state index contributed by atoms with van der Waals surface area (Å²) in [6.07, 6.45) is 0.525. The highest BCUT2D eigenvalue weighted by atomic mass is 16.7. The van der Waals surface area contributed by atoms with E-state index in [4.69, 9.17) is 19.7 Å². The number of hydrogen-bond acceptors (Lipinski definition) is 4. The highest BCUT2D eigenvalue weighted by Crippen LogP contribution is 2.17. The van der Waals surface area contributed by atoms with Crippen LogP contribution in [0.3, 0.4) is 0 Å². The Morgan fingerprint density at radius 2 is 2.23 bits per heavy atom. The highest BCUT2D eigenvalue weighted by Gasteiger charge is 2.25. The smallest absolute Gasteiger partial charge is 0.303 e. The van der Waals surface area contributed by atoms with E-state index in [1.54, 1.807) is 0 Å². The minimum absolute atomic E-state index is 0.0241. The first-order valence-electron chi connectivity index (χ1n) is 4.32. The molecule has 0 radical (unpaired) electrons.